The molecule has 2 N–H and O–H groups in total. The van der Waals surface area contributed by atoms with E-state index >= 15 is 0 Å². The van der Waals surface area contributed by atoms with Crippen LogP contribution in [0.15, 0.2) is 53.9 Å². The molecule has 3 amide bonds. The molecule has 0 aliphatic carbocycles. The van der Waals surface area contributed by atoms with Crippen molar-refractivity contribution < 1.29 is 14.4 Å². The minimum Gasteiger partial charge on any atom is -0.356 e. The Balaban J connectivity index is 1.35. The van der Waals surface area contributed by atoms with Gasteiger partial charge in [0.05, 0.1) is 5.01 Å². The van der Waals surface area contributed by atoms with Crippen molar-refractivity contribution in [3.8, 4) is 11.1 Å². The van der Waals surface area contributed by atoms with Crippen LogP contribution < -0.4 is 10.6 Å². The smallest absolute Gasteiger partial charge is 0.275 e. The van der Waals surface area contributed by atoms with Gasteiger partial charge in [0.15, 0.2) is 0 Å². The zero-order chi connectivity index (χ0) is 25.5. The first-order valence-electron chi connectivity index (χ1n) is 12.4. The molecule has 1 aromatic heterocycles. The van der Waals surface area contributed by atoms with Gasteiger partial charge in [-0.15, -0.1) is 11.3 Å². The summed E-state index contributed by atoms with van der Waals surface area (Å²) in [6.45, 7) is 5.27. The highest BCUT2D eigenvalue weighted by Crippen LogP contribution is 2.32. The number of nitrogens with zero attached hydrogens (tertiary/aromatic N) is 2. The second kappa shape index (κ2) is 11.9. The largest absolute Gasteiger partial charge is 0.356 e. The van der Waals surface area contributed by atoms with Crippen molar-refractivity contribution in [3.63, 3.8) is 0 Å². The van der Waals surface area contributed by atoms with Gasteiger partial charge in [-0.05, 0) is 36.5 Å². The summed E-state index contributed by atoms with van der Waals surface area (Å²) < 4.78 is 0. The summed E-state index contributed by atoms with van der Waals surface area (Å²) in [7, 11) is 0. The number of benzene rings is 2. The van der Waals surface area contributed by atoms with Crippen molar-refractivity contribution in [2.24, 2.45) is 0 Å². The van der Waals surface area contributed by atoms with E-state index in [1.165, 1.54) is 23.8 Å². The third kappa shape index (κ3) is 6.37. The van der Waals surface area contributed by atoms with E-state index in [0.29, 0.717) is 31.7 Å². The van der Waals surface area contributed by atoms with Crippen LogP contribution >= 0.6 is 11.3 Å². The number of thiazole rings is 1. The lowest BCUT2D eigenvalue weighted by Crippen LogP contribution is -2.39. The summed E-state index contributed by atoms with van der Waals surface area (Å²) in [4.78, 5) is 42.9. The van der Waals surface area contributed by atoms with E-state index in [4.69, 9.17) is 0 Å². The lowest BCUT2D eigenvalue weighted by molar-refractivity contribution is -0.132. The number of para-hydroxylation sites is 1. The zero-order valence-electron chi connectivity index (χ0n) is 20.8. The fraction of sp³-hybridized carbons (Fsp3) is 0.357. The molecule has 0 unspecified atom stereocenters. The van der Waals surface area contributed by atoms with E-state index in [1.807, 2.05) is 34.5 Å². The monoisotopic (exact) mass is 504 g/mol. The number of nitrogens with one attached hydrogen (secondary N) is 2. The van der Waals surface area contributed by atoms with E-state index < -0.39 is 0 Å². The Morgan fingerprint density at radius 3 is 2.47 bits per heavy atom. The summed E-state index contributed by atoms with van der Waals surface area (Å²) >= 11 is 1.50. The molecular formula is C28H32N4O3S. The number of hydrogen-bond acceptors (Lipinski definition) is 5. The van der Waals surface area contributed by atoms with Gasteiger partial charge in [-0.1, -0.05) is 49.4 Å². The Kier molecular flexibility index (Phi) is 8.48. The number of carbonyl (C=O) groups is 3. The molecule has 36 heavy (non-hydrogen) atoms. The van der Waals surface area contributed by atoms with Crippen LogP contribution in [0.25, 0.3) is 11.1 Å². The number of hydrogen-bond donors (Lipinski definition) is 2. The number of aromatic nitrogens is 1. The number of anilines is 1. The summed E-state index contributed by atoms with van der Waals surface area (Å²) in [6.07, 6.45) is 2.93. The van der Waals surface area contributed by atoms with Gasteiger partial charge < -0.3 is 15.5 Å². The quantitative estimate of drug-likeness (QED) is 0.458. The Morgan fingerprint density at radius 2 is 1.78 bits per heavy atom. The van der Waals surface area contributed by atoms with E-state index in [-0.39, 0.29) is 23.6 Å². The molecule has 0 atom stereocenters. The van der Waals surface area contributed by atoms with Crippen LogP contribution in [0.2, 0.25) is 0 Å². The maximum atomic E-state index is 13.0. The molecule has 4 rings (SSSR count). The van der Waals surface area contributed by atoms with E-state index in [2.05, 4.69) is 46.8 Å². The van der Waals surface area contributed by atoms with Gasteiger partial charge in [-0.25, -0.2) is 4.98 Å². The third-order valence-corrected chi connectivity index (χ3v) is 7.52. The number of amides is 3. The van der Waals surface area contributed by atoms with Crippen molar-refractivity contribution >= 4 is 34.7 Å². The molecule has 0 radical (unpaired) electrons. The van der Waals surface area contributed by atoms with Crippen molar-refractivity contribution in [2.75, 3.05) is 25.0 Å². The van der Waals surface area contributed by atoms with Crippen LogP contribution in [0, 0.1) is 0 Å². The predicted molar refractivity (Wildman–Crippen MR) is 143 cm³/mol. The number of piperidine rings is 1. The first-order valence-corrected chi connectivity index (χ1v) is 13.3. The molecule has 1 aliphatic rings. The molecule has 0 bridgehead atoms. The summed E-state index contributed by atoms with van der Waals surface area (Å²) in [5.74, 6) is -0.0512. The molecular weight excluding hydrogens is 472 g/mol. The number of aryl methyl sites for hydroxylation is 1. The summed E-state index contributed by atoms with van der Waals surface area (Å²) in [6, 6.07) is 16.2. The highest BCUT2D eigenvalue weighted by molar-refractivity contribution is 7.10. The van der Waals surface area contributed by atoms with Crippen LogP contribution in [0.1, 0.15) is 60.1 Å². The van der Waals surface area contributed by atoms with Gasteiger partial charge in [-0.2, -0.15) is 0 Å². The van der Waals surface area contributed by atoms with Crippen molar-refractivity contribution in [2.45, 2.75) is 45.4 Å². The SMILES string of the molecule is CCc1ccc(-c2ccccc2NC(=O)c2csc(C3CCN(C(=O)CCNC(C)=O)CC3)n2)cc1. The molecule has 7 nitrogen and oxygen atoms in total. The number of likely N-dealkylation sites (tertiary alicyclic amines) is 1. The average Bonchev–Trinajstić information content (AvgIpc) is 3.40. The minimum absolute atomic E-state index is 0.0596. The third-order valence-electron chi connectivity index (χ3n) is 6.51. The van der Waals surface area contributed by atoms with Gasteiger partial charge in [0.1, 0.15) is 5.69 Å². The molecule has 188 valence electrons. The molecule has 3 aromatic rings. The molecule has 0 spiro atoms. The van der Waals surface area contributed by atoms with Crippen LogP contribution in [0.5, 0.6) is 0 Å². The highest BCUT2D eigenvalue weighted by atomic mass is 32.1. The van der Waals surface area contributed by atoms with Crippen molar-refractivity contribution in [3.05, 3.63) is 70.2 Å². The van der Waals surface area contributed by atoms with Gasteiger partial charge in [0.2, 0.25) is 11.8 Å². The predicted octanol–water partition coefficient (Wildman–Crippen LogP) is 4.86. The van der Waals surface area contributed by atoms with E-state index in [9.17, 15) is 14.4 Å². The first kappa shape index (κ1) is 25.6. The lowest BCUT2D eigenvalue weighted by atomic mass is 9.97. The van der Waals surface area contributed by atoms with Crippen LogP contribution in [-0.2, 0) is 16.0 Å². The standard InChI is InChI=1S/C28H32N4O3S/c1-3-20-8-10-21(11-9-20)23-6-4-5-7-24(23)30-27(35)25-18-36-28(31-25)22-13-16-32(17-14-22)26(34)12-15-29-19(2)33/h4-11,18,22H,3,12-17H2,1-2H3,(H,29,33)(H,30,35). The maximum Gasteiger partial charge on any atom is 0.275 e. The topological polar surface area (TPSA) is 91.4 Å². The van der Waals surface area contributed by atoms with Crippen LogP contribution in [0.4, 0.5) is 5.69 Å². The van der Waals surface area contributed by atoms with Gasteiger partial charge >= 0.3 is 0 Å². The second-order valence-corrected chi connectivity index (χ2v) is 9.90. The molecule has 8 heteroatoms. The van der Waals surface area contributed by atoms with Gasteiger partial charge in [0, 0.05) is 55.5 Å². The Bertz CT molecular complexity index is 1210. The molecule has 1 aliphatic heterocycles. The second-order valence-electron chi connectivity index (χ2n) is 9.01. The zero-order valence-corrected chi connectivity index (χ0v) is 21.6. The van der Waals surface area contributed by atoms with E-state index in [0.717, 1.165) is 41.1 Å². The highest BCUT2D eigenvalue weighted by Gasteiger charge is 2.26. The average molecular weight is 505 g/mol. The summed E-state index contributed by atoms with van der Waals surface area (Å²) in [5, 5.41) is 8.46. The Morgan fingerprint density at radius 1 is 1.06 bits per heavy atom. The fourth-order valence-corrected chi connectivity index (χ4v) is 5.38. The molecule has 1 fully saturated rings. The molecule has 2 heterocycles. The molecule has 0 saturated carbocycles. The number of rotatable bonds is 8. The normalized spacial score (nSPS) is 13.9. The van der Waals surface area contributed by atoms with Crippen molar-refractivity contribution in [1.82, 2.24) is 15.2 Å². The lowest BCUT2D eigenvalue weighted by Gasteiger charge is -2.31. The first-order chi connectivity index (χ1) is 17.4. The molecule has 2 aromatic carbocycles. The maximum absolute atomic E-state index is 13.0. The van der Waals surface area contributed by atoms with Crippen LogP contribution in [-0.4, -0.2) is 47.2 Å². The van der Waals surface area contributed by atoms with Crippen molar-refractivity contribution in [1.29, 1.82) is 0 Å². The minimum atomic E-state index is -0.222. The Labute approximate surface area is 215 Å². The van der Waals surface area contributed by atoms with E-state index in [1.54, 1.807) is 0 Å². The number of carbonyl (C=O) groups excluding carboxylic acids is 3. The molecule has 1 saturated heterocycles. The summed E-state index contributed by atoms with van der Waals surface area (Å²) in [5.41, 5.74) is 4.47. The van der Waals surface area contributed by atoms with Crippen LogP contribution in [0.3, 0.4) is 0 Å². The van der Waals surface area contributed by atoms with Gasteiger partial charge in [0.25, 0.3) is 5.91 Å². The van der Waals surface area contributed by atoms with Gasteiger partial charge in [-0.3, -0.25) is 14.4 Å². The fourth-order valence-electron chi connectivity index (χ4n) is 4.41. The Hall–Kier alpha value is -3.52.